The van der Waals surface area contributed by atoms with Gasteiger partial charge in [0.25, 0.3) is 0 Å². The van der Waals surface area contributed by atoms with Gasteiger partial charge in [-0.1, -0.05) is 36.4 Å². The van der Waals surface area contributed by atoms with Crippen LogP contribution >= 0.6 is 0 Å². The fourth-order valence-corrected chi connectivity index (χ4v) is 3.93. The number of rotatable bonds is 8. The van der Waals surface area contributed by atoms with E-state index in [4.69, 9.17) is 14.2 Å². The van der Waals surface area contributed by atoms with Crippen molar-refractivity contribution >= 4 is 28.8 Å². The van der Waals surface area contributed by atoms with Gasteiger partial charge in [-0.3, -0.25) is 9.59 Å². The Morgan fingerprint density at radius 1 is 0.938 bits per heavy atom. The second-order valence-corrected chi connectivity index (χ2v) is 7.33. The highest BCUT2D eigenvalue weighted by Crippen LogP contribution is 2.39. The summed E-state index contributed by atoms with van der Waals surface area (Å²) in [7, 11) is 3.81. The molecule has 0 aliphatic carbocycles. The van der Waals surface area contributed by atoms with Crippen molar-refractivity contribution in [1.82, 2.24) is 4.98 Å². The molecule has 1 aromatic heterocycles. The van der Waals surface area contributed by atoms with Gasteiger partial charge in [0.05, 0.1) is 26.9 Å². The van der Waals surface area contributed by atoms with E-state index in [0.29, 0.717) is 5.56 Å². The number of hydrogen-bond acceptors (Lipinski definition) is 6. The highest BCUT2D eigenvalue weighted by atomic mass is 16.5. The van der Waals surface area contributed by atoms with Crippen LogP contribution in [0.2, 0.25) is 0 Å². The molecule has 0 aliphatic heterocycles. The molecule has 166 valence electrons. The second-order valence-electron chi connectivity index (χ2n) is 7.33. The molecule has 1 N–H and O–H groups in total. The van der Waals surface area contributed by atoms with Crippen LogP contribution in [0.1, 0.15) is 22.3 Å². The number of carbonyl (C=O) groups excluding carboxylic acids is 3. The molecular formula is C25H25NO6. The summed E-state index contributed by atoms with van der Waals surface area (Å²) in [5, 5.41) is 0.862. The predicted molar refractivity (Wildman–Crippen MR) is 120 cm³/mol. The van der Waals surface area contributed by atoms with Crippen molar-refractivity contribution in [3.63, 3.8) is 0 Å². The van der Waals surface area contributed by atoms with Gasteiger partial charge in [-0.2, -0.15) is 0 Å². The van der Waals surface area contributed by atoms with Crippen molar-refractivity contribution in [2.75, 3.05) is 21.3 Å². The summed E-state index contributed by atoms with van der Waals surface area (Å²) in [4.78, 5) is 40.9. The second kappa shape index (κ2) is 9.51. The van der Waals surface area contributed by atoms with Crippen molar-refractivity contribution < 1.29 is 28.6 Å². The van der Waals surface area contributed by atoms with Crippen molar-refractivity contribution in [2.24, 2.45) is 5.41 Å². The first-order valence-electron chi connectivity index (χ1n) is 9.98. The smallest absolute Gasteiger partial charge is 0.337 e. The van der Waals surface area contributed by atoms with E-state index >= 15 is 0 Å². The maximum atomic E-state index is 12.9. The third kappa shape index (κ3) is 4.01. The van der Waals surface area contributed by atoms with Gasteiger partial charge in [-0.15, -0.1) is 6.58 Å². The minimum absolute atomic E-state index is 0.0382. The van der Waals surface area contributed by atoms with Crippen LogP contribution < -0.4 is 0 Å². The number of ether oxygens (including phenoxy) is 3. The third-order valence-corrected chi connectivity index (χ3v) is 5.53. The zero-order valence-corrected chi connectivity index (χ0v) is 18.3. The lowest BCUT2D eigenvalue weighted by molar-refractivity contribution is -0.168. The van der Waals surface area contributed by atoms with Crippen LogP contribution in [0, 0.1) is 5.41 Å². The van der Waals surface area contributed by atoms with Crippen molar-refractivity contribution in [3.8, 4) is 11.3 Å². The molecule has 0 saturated heterocycles. The first-order valence-corrected chi connectivity index (χ1v) is 9.98. The summed E-state index contributed by atoms with van der Waals surface area (Å²) in [6.07, 6.45) is 1.59. The van der Waals surface area contributed by atoms with Crippen LogP contribution in [0.4, 0.5) is 0 Å². The molecule has 32 heavy (non-hydrogen) atoms. The molecule has 2 aromatic carbocycles. The summed E-state index contributed by atoms with van der Waals surface area (Å²) in [5.41, 5.74) is 1.94. The van der Waals surface area contributed by atoms with Crippen LogP contribution in [0.25, 0.3) is 22.2 Å². The SMILES string of the molecule is C=CCC(Cc1c(-c2ccc(C(=O)OC)cc2)[nH]c2ccccc12)(C(=O)OC)C(=O)OC. The van der Waals surface area contributed by atoms with Gasteiger partial charge in [0.1, 0.15) is 0 Å². The molecule has 0 spiro atoms. The molecule has 7 nitrogen and oxygen atoms in total. The molecule has 3 aromatic rings. The first-order chi connectivity index (χ1) is 15.4. The number of carbonyl (C=O) groups is 3. The predicted octanol–water partition coefficient (Wildman–Crippen LogP) is 4.07. The Bertz CT molecular complexity index is 1140. The Morgan fingerprint density at radius 2 is 1.56 bits per heavy atom. The van der Waals surface area contributed by atoms with E-state index in [2.05, 4.69) is 11.6 Å². The van der Waals surface area contributed by atoms with Gasteiger partial charge in [-0.05, 0) is 35.7 Å². The number of fused-ring (bicyclic) bond motifs is 1. The summed E-state index contributed by atoms with van der Waals surface area (Å²) < 4.78 is 14.8. The Balaban J connectivity index is 2.20. The fraction of sp³-hybridized carbons (Fsp3) is 0.240. The van der Waals surface area contributed by atoms with Gasteiger partial charge in [0, 0.05) is 23.0 Å². The Labute approximate surface area is 186 Å². The zero-order chi connectivity index (χ0) is 23.3. The molecule has 0 fully saturated rings. The van der Waals surface area contributed by atoms with Crippen LogP contribution in [0.3, 0.4) is 0 Å². The van der Waals surface area contributed by atoms with E-state index < -0.39 is 23.3 Å². The quantitative estimate of drug-likeness (QED) is 0.248. The average Bonchev–Trinajstić information content (AvgIpc) is 3.20. The summed E-state index contributed by atoms with van der Waals surface area (Å²) >= 11 is 0. The molecule has 0 atom stereocenters. The molecule has 3 rings (SSSR count). The largest absolute Gasteiger partial charge is 0.468 e. The third-order valence-electron chi connectivity index (χ3n) is 5.53. The van der Waals surface area contributed by atoms with Gasteiger partial charge < -0.3 is 19.2 Å². The number of methoxy groups -OCH3 is 3. The molecule has 7 heteroatoms. The number of allylic oxidation sites excluding steroid dienone is 1. The number of para-hydroxylation sites is 1. The minimum Gasteiger partial charge on any atom is -0.468 e. The van der Waals surface area contributed by atoms with E-state index in [9.17, 15) is 14.4 Å². The van der Waals surface area contributed by atoms with Crippen molar-refractivity contribution in [1.29, 1.82) is 0 Å². The highest BCUT2D eigenvalue weighted by Gasteiger charge is 2.48. The normalized spacial score (nSPS) is 11.1. The van der Waals surface area contributed by atoms with Crippen molar-refractivity contribution in [3.05, 3.63) is 72.3 Å². The lowest BCUT2D eigenvalue weighted by Gasteiger charge is -2.27. The molecule has 0 aliphatic rings. The minimum atomic E-state index is -1.59. The summed E-state index contributed by atoms with van der Waals surface area (Å²) in [5.74, 6) is -1.82. The Morgan fingerprint density at radius 3 is 2.12 bits per heavy atom. The zero-order valence-electron chi connectivity index (χ0n) is 18.3. The molecule has 0 amide bonds. The monoisotopic (exact) mass is 435 g/mol. The molecule has 0 unspecified atom stereocenters. The Hall–Kier alpha value is -3.87. The van der Waals surface area contributed by atoms with E-state index in [1.807, 2.05) is 24.3 Å². The van der Waals surface area contributed by atoms with Crippen LogP contribution in [-0.4, -0.2) is 44.2 Å². The topological polar surface area (TPSA) is 94.7 Å². The molecular weight excluding hydrogens is 410 g/mol. The standard InChI is InChI=1S/C25H25NO6/c1-5-14-25(23(28)31-3,24(29)32-4)15-19-18-8-6-7-9-20(18)26-21(19)16-10-12-17(13-11-16)22(27)30-2/h5-13,26H,1,14-15H2,2-4H3. The van der Waals surface area contributed by atoms with E-state index in [1.54, 1.807) is 24.3 Å². The number of hydrogen-bond donors (Lipinski definition) is 1. The van der Waals surface area contributed by atoms with Crippen LogP contribution in [0.15, 0.2) is 61.2 Å². The van der Waals surface area contributed by atoms with Crippen LogP contribution in [-0.2, 0) is 30.2 Å². The van der Waals surface area contributed by atoms with E-state index in [0.717, 1.165) is 27.7 Å². The number of aromatic amines is 1. The molecule has 0 bridgehead atoms. The number of esters is 3. The number of nitrogens with one attached hydrogen (secondary N) is 1. The molecule has 0 radical (unpaired) electrons. The summed E-state index contributed by atoms with van der Waals surface area (Å²) in [6.45, 7) is 3.72. The first kappa shape index (κ1) is 22.8. The molecule has 0 saturated carbocycles. The summed E-state index contributed by atoms with van der Waals surface area (Å²) in [6, 6.07) is 14.5. The number of H-pyrrole nitrogens is 1. The van der Waals surface area contributed by atoms with Crippen molar-refractivity contribution in [2.45, 2.75) is 12.8 Å². The van der Waals surface area contributed by atoms with E-state index in [1.165, 1.54) is 27.4 Å². The van der Waals surface area contributed by atoms with Gasteiger partial charge >= 0.3 is 17.9 Å². The highest BCUT2D eigenvalue weighted by molar-refractivity contribution is 6.02. The Kier molecular flexibility index (Phi) is 6.78. The maximum absolute atomic E-state index is 12.9. The lowest BCUT2D eigenvalue weighted by Crippen LogP contribution is -2.43. The van der Waals surface area contributed by atoms with Gasteiger partial charge in [0.15, 0.2) is 5.41 Å². The number of benzene rings is 2. The van der Waals surface area contributed by atoms with E-state index in [-0.39, 0.29) is 12.8 Å². The fourth-order valence-electron chi connectivity index (χ4n) is 3.93. The average molecular weight is 435 g/mol. The maximum Gasteiger partial charge on any atom is 0.337 e. The van der Waals surface area contributed by atoms with Gasteiger partial charge in [0.2, 0.25) is 0 Å². The van der Waals surface area contributed by atoms with Gasteiger partial charge in [-0.25, -0.2) is 4.79 Å². The lowest BCUT2D eigenvalue weighted by atomic mass is 9.77. The number of aromatic nitrogens is 1. The van der Waals surface area contributed by atoms with Crippen LogP contribution in [0.5, 0.6) is 0 Å². The molecule has 1 heterocycles.